The Morgan fingerprint density at radius 2 is 1.00 bits per heavy atom. The van der Waals surface area contributed by atoms with E-state index in [4.69, 9.17) is 0 Å². The van der Waals surface area contributed by atoms with Crippen molar-refractivity contribution in [3.05, 3.63) is 199 Å². The van der Waals surface area contributed by atoms with Crippen LogP contribution in [0, 0.1) is 0 Å². The molecule has 0 radical (unpaired) electrons. The van der Waals surface area contributed by atoms with Gasteiger partial charge in [0.2, 0.25) is 0 Å². The molecule has 4 aliphatic rings. The van der Waals surface area contributed by atoms with Crippen molar-refractivity contribution < 1.29 is 0 Å². The van der Waals surface area contributed by atoms with E-state index in [9.17, 15) is 0 Å². The number of hydrogen-bond acceptors (Lipinski definition) is 3. The number of anilines is 8. The van der Waals surface area contributed by atoms with Crippen LogP contribution in [0.3, 0.4) is 0 Å². The molecule has 3 aliphatic heterocycles. The minimum absolute atomic E-state index is 0.00440. The highest BCUT2D eigenvalue weighted by Gasteiger charge is 2.63. The van der Waals surface area contributed by atoms with Gasteiger partial charge < -0.3 is 14.7 Å². The molecule has 2 unspecified atom stereocenters. The monoisotopic (exact) mass is 855 g/mol. The first-order chi connectivity index (χ1) is 31.7. The first kappa shape index (κ1) is 40.7. The van der Waals surface area contributed by atoms with Crippen molar-refractivity contribution in [2.24, 2.45) is 0 Å². The van der Waals surface area contributed by atoms with Gasteiger partial charge in [-0.3, -0.25) is 0 Å². The van der Waals surface area contributed by atoms with Crippen LogP contribution in [-0.2, 0) is 16.2 Å². The molecule has 3 nitrogen and oxygen atoms in total. The Bertz CT molecular complexity index is 3210. The fraction of sp³-hybridized carbons (Fsp3) is 0.226. The molecule has 66 heavy (non-hydrogen) atoms. The first-order valence-corrected chi connectivity index (χ1v) is 24.0. The summed E-state index contributed by atoms with van der Waals surface area (Å²) in [5.74, 6) is 0. The van der Waals surface area contributed by atoms with E-state index in [1.807, 2.05) is 0 Å². The molecular weight excluding hydrogens is 798 g/mol. The summed E-state index contributed by atoms with van der Waals surface area (Å²) >= 11 is 0. The Hall–Kier alpha value is -6.78. The summed E-state index contributed by atoms with van der Waals surface area (Å²) < 4.78 is 0. The van der Waals surface area contributed by atoms with Gasteiger partial charge in [0.25, 0.3) is 6.71 Å². The van der Waals surface area contributed by atoms with Crippen molar-refractivity contribution in [3.63, 3.8) is 0 Å². The van der Waals surface area contributed by atoms with Crippen molar-refractivity contribution in [2.75, 3.05) is 14.7 Å². The van der Waals surface area contributed by atoms with E-state index < -0.39 is 0 Å². The van der Waals surface area contributed by atoms with E-state index in [1.54, 1.807) is 0 Å². The zero-order chi connectivity index (χ0) is 45.3. The van der Waals surface area contributed by atoms with Crippen LogP contribution in [0.25, 0.3) is 22.3 Å². The number of benzene rings is 8. The van der Waals surface area contributed by atoms with Gasteiger partial charge in [0.15, 0.2) is 0 Å². The molecule has 1 fully saturated rings. The molecule has 8 aromatic rings. The lowest BCUT2D eigenvalue weighted by atomic mass is 9.33. The van der Waals surface area contributed by atoms with Crippen LogP contribution in [0.1, 0.15) is 84.9 Å². The molecule has 12 rings (SSSR count). The summed E-state index contributed by atoms with van der Waals surface area (Å²) in [4.78, 5) is 7.93. The Balaban J connectivity index is 1.20. The average molecular weight is 856 g/mol. The smallest absolute Gasteiger partial charge is 0.252 e. The van der Waals surface area contributed by atoms with Gasteiger partial charge in [0.1, 0.15) is 0 Å². The van der Waals surface area contributed by atoms with Crippen molar-refractivity contribution in [2.45, 2.75) is 90.0 Å². The molecule has 0 aromatic heterocycles. The van der Waals surface area contributed by atoms with E-state index in [0.29, 0.717) is 0 Å². The summed E-state index contributed by atoms with van der Waals surface area (Å²) in [5, 5.41) is 0. The van der Waals surface area contributed by atoms with Crippen LogP contribution in [0.5, 0.6) is 0 Å². The molecule has 324 valence electrons. The summed E-state index contributed by atoms with van der Waals surface area (Å²) in [6.45, 7) is 19.0. The zero-order valence-electron chi connectivity index (χ0n) is 39.7. The molecule has 0 N–H and O–H groups in total. The molecule has 0 spiro atoms. The molecule has 0 amide bonds. The van der Waals surface area contributed by atoms with Crippen molar-refractivity contribution >= 4 is 68.6 Å². The Labute approximate surface area is 392 Å². The third kappa shape index (κ3) is 5.96. The summed E-state index contributed by atoms with van der Waals surface area (Å²) in [7, 11) is 0. The van der Waals surface area contributed by atoms with E-state index in [1.165, 1.54) is 102 Å². The second-order valence-electron chi connectivity index (χ2n) is 21.8. The molecule has 1 saturated carbocycles. The van der Waals surface area contributed by atoms with Gasteiger partial charge in [-0.2, -0.15) is 0 Å². The van der Waals surface area contributed by atoms with Crippen molar-refractivity contribution in [1.82, 2.24) is 0 Å². The molecule has 4 heteroatoms. The second-order valence-corrected chi connectivity index (χ2v) is 21.8. The largest absolute Gasteiger partial charge is 0.334 e. The Morgan fingerprint density at radius 3 is 1.64 bits per heavy atom. The molecule has 3 heterocycles. The average Bonchev–Trinajstić information content (AvgIpc) is 3.45. The maximum Gasteiger partial charge on any atom is 0.252 e. The molecule has 0 bridgehead atoms. The van der Waals surface area contributed by atoms with Gasteiger partial charge >= 0.3 is 0 Å². The topological polar surface area (TPSA) is 9.72 Å². The summed E-state index contributed by atoms with van der Waals surface area (Å²) in [6.07, 6.45) is 2.32. The fourth-order valence-electron chi connectivity index (χ4n) is 12.0. The summed E-state index contributed by atoms with van der Waals surface area (Å²) in [5.41, 5.74) is 22.8. The van der Waals surface area contributed by atoms with E-state index in [-0.39, 0.29) is 28.5 Å². The molecular formula is C62H58BN3. The van der Waals surface area contributed by atoms with Gasteiger partial charge in [-0.1, -0.05) is 176 Å². The number of para-hydroxylation sites is 1. The van der Waals surface area contributed by atoms with Gasteiger partial charge in [0.05, 0.1) is 5.54 Å². The van der Waals surface area contributed by atoms with E-state index in [2.05, 4.69) is 252 Å². The molecule has 0 saturated heterocycles. The van der Waals surface area contributed by atoms with Gasteiger partial charge in [-0.05, 0) is 141 Å². The quantitative estimate of drug-likeness (QED) is 0.160. The highest BCUT2D eigenvalue weighted by molar-refractivity contribution is 7.00. The SMILES string of the molecule is CC(C)(C)c1ccc(N2c3ccc(C(C)(C)C)cc3B3c4ccc(-c5ccccc5)cc4N(c4cccc(-c5ccccc5)c4)c4cc(N5c6ccccc6C6(C)CCC56C)cc2c43)cc1. The number of nitrogens with zero attached hydrogens (tertiary/aromatic N) is 3. The lowest BCUT2D eigenvalue weighted by Gasteiger charge is -2.56. The van der Waals surface area contributed by atoms with Crippen LogP contribution in [0.2, 0.25) is 0 Å². The third-order valence-electron chi connectivity index (χ3n) is 16.0. The van der Waals surface area contributed by atoms with Crippen LogP contribution in [0.4, 0.5) is 45.5 Å². The third-order valence-corrected chi connectivity index (χ3v) is 16.0. The van der Waals surface area contributed by atoms with Crippen molar-refractivity contribution in [3.8, 4) is 22.3 Å². The van der Waals surface area contributed by atoms with Crippen LogP contribution in [-0.4, -0.2) is 12.3 Å². The van der Waals surface area contributed by atoms with Gasteiger partial charge in [0, 0.05) is 50.9 Å². The lowest BCUT2D eigenvalue weighted by Crippen LogP contribution is -2.62. The predicted octanol–water partition coefficient (Wildman–Crippen LogP) is 14.7. The van der Waals surface area contributed by atoms with Crippen LogP contribution in [0.15, 0.2) is 182 Å². The number of fused-ring (bicyclic) bond motifs is 7. The fourth-order valence-corrected chi connectivity index (χ4v) is 12.0. The maximum atomic E-state index is 2.73. The van der Waals surface area contributed by atoms with E-state index >= 15 is 0 Å². The maximum absolute atomic E-state index is 2.73. The van der Waals surface area contributed by atoms with Gasteiger partial charge in [-0.15, -0.1) is 0 Å². The highest BCUT2D eigenvalue weighted by atomic mass is 15.3. The molecule has 8 aromatic carbocycles. The number of rotatable bonds is 5. The van der Waals surface area contributed by atoms with Crippen molar-refractivity contribution in [1.29, 1.82) is 0 Å². The Kier molecular flexibility index (Phi) is 8.86. The molecule has 2 atom stereocenters. The Morgan fingerprint density at radius 1 is 0.409 bits per heavy atom. The highest BCUT2D eigenvalue weighted by Crippen LogP contribution is 2.65. The van der Waals surface area contributed by atoms with E-state index in [0.717, 1.165) is 12.1 Å². The normalized spacial score (nSPS) is 19.1. The first-order valence-electron chi connectivity index (χ1n) is 24.0. The van der Waals surface area contributed by atoms with Crippen LogP contribution < -0.4 is 31.1 Å². The zero-order valence-corrected chi connectivity index (χ0v) is 39.7. The van der Waals surface area contributed by atoms with Crippen LogP contribution >= 0.6 is 0 Å². The lowest BCUT2D eigenvalue weighted by molar-refractivity contribution is 0.133. The standard InChI is InChI=1S/C62H58BN3/c1-59(2,3)45-27-30-47(31-28-45)64-54-33-29-46(60(4,5)6)38-52(54)63-51-32-26-44(42-20-13-10-14-21-42)37-55(51)65(48-23-17-22-43(36-48)41-18-11-9-12-19-41)57-40-49(39-56(64)58(57)63)66-53-25-16-15-24-50(53)61(7)34-35-62(61,66)8/h9-33,36-40H,34-35H2,1-8H3. The summed E-state index contributed by atoms with van der Waals surface area (Å²) in [6, 6.07) is 69.3. The van der Waals surface area contributed by atoms with Gasteiger partial charge in [-0.25, -0.2) is 0 Å². The number of hydrogen-bond donors (Lipinski definition) is 0. The predicted molar refractivity (Wildman–Crippen MR) is 282 cm³/mol. The minimum Gasteiger partial charge on any atom is -0.334 e. The second kappa shape index (κ2) is 14.4. The molecule has 1 aliphatic carbocycles. The minimum atomic E-state index is -0.0739.